The molecule has 0 bridgehead atoms. The van der Waals surface area contributed by atoms with E-state index < -0.39 is 0 Å². The van der Waals surface area contributed by atoms with Crippen LogP contribution in [-0.2, 0) is 58.9 Å². The third-order valence-corrected chi connectivity index (χ3v) is 14.9. The van der Waals surface area contributed by atoms with E-state index in [9.17, 15) is 5.53 Å². The van der Waals surface area contributed by atoms with Crippen LogP contribution < -0.4 is 0 Å². The molecule has 1 aliphatic rings. The maximum Gasteiger partial charge on any atom is 0.215 e. The molecule has 2 N–H and O–H groups in total. The molecule has 1 heterocycles. The van der Waals surface area contributed by atoms with Crippen LogP contribution >= 0.6 is 0 Å². The first-order valence-corrected chi connectivity index (χ1v) is 31.9. The summed E-state index contributed by atoms with van der Waals surface area (Å²) in [5.41, 5.74) is 29.2. The second-order valence-electron chi connectivity index (χ2n) is 21.8. The summed E-state index contributed by atoms with van der Waals surface area (Å²) < 4.78 is 1.68. The Morgan fingerprint density at radius 3 is 1.07 bits per heavy atom. The van der Waals surface area contributed by atoms with Crippen molar-refractivity contribution in [1.82, 2.24) is 0 Å². The number of benzene rings is 2. The van der Waals surface area contributed by atoms with E-state index in [1.165, 1.54) is 211 Å². The van der Waals surface area contributed by atoms with Gasteiger partial charge in [-0.3, -0.25) is 0 Å². The van der Waals surface area contributed by atoms with Crippen molar-refractivity contribution in [1.29, 1.82) is 0 Å². The molecule has 0 aliphatic carbocycles. The van der Waals surface area contributed by atoms with E-state index in [2.05, 4.69) is 91.8 Å². The second kappa shape index (κ2) is 49.2. The van der Waals surface area contributed by atoms with Gasteiger partial charge in [0, 0.05) is 50.3 Å². The SMILES string of the molecule is CCCCCCCCCCCCCCCCCCCCC=CC1=C(c2cc(CCCC)c(CCCC)c(CCCC)c2)[N+](=[N-])C(c2cc(CCC)c(CCC)c(CCC)c2)=C1CCCC.CCCO.CCCO.[Pd]. The van der Waals surface area contributed by atoms with Crippen molar-refractivity contribution >= 4 is 11.4 Å². The number of aliphatic hydroxyl groups is 2. The molecular formula is C69H120N2O2Pd. The fourth-order valence-corrected chi connectivity index (χ4v) is 10.6. The van der Waals surface area contributed by atoms with Crippen molar-refractivity contribution in [2.24, 2.45) is 0 Å². The molecule has 2 aromatic rings. The number of aliphatic hydroxyl groups excluding tert-OH is 2. The molecule has 0 aromatic heterocycles. The van der Waals surface area contributed by atoms with E-state index in [-0.39, 0.29) is 20.4 Å². The molecule has 0 spiro atoms. The van der Waals surface area contributed by atoms with Crippen LogP contribution in [0.4, 0.5) is 0 Å². The van der Waals surface area contributed by atoms with Crippen LogP contribution in [0.15, 0.2) is 47.6 Å². The Morgan fingerprint density at radius 1 is 0.365 bits per heavy atom. The average molecular weight is 1120 g/mol. The number of aryl methyl sites for hydroxylation is 4. The predicted molar refractivity (Wildman–Crippen MR) is 325 cm³/mol. The van der Waals surface area contributed by atoms with E-state index in [0.717, 1.165) is 94.9 Å². The minimum Gasteiger partial charge on any atom is -0.493 e. The molecule has 0 saturated heterocycles. The largest absolute Gasteiger partial charge is 0.493 e. The van der Waals surface area contributed by atoms with Gasteiger partial charge in [0.2, 0.25) is 11.4 Å². The van der Waals surface area contributed by atoms with Crippen molar-refractivity contribution < 1.29 is 35.3 Å². The van der Waals surface area contributed by atoms with Gasteiger partial charge in [0.15, 0.2) is 0 Å². The number of hydrogen-bond acceptors (Lipinski definition) is 2. The number of allylic oxidation sites excluding steroid dienone is 4. The van der Waals surface area contributed by atoms with Gasteiger partial charge in [-0.05, 0) is 154 Å². The Hall–Kier alpha value is -2.16. The zero-order valence-corrected chi connectivity index (χ0v) is 52.1. The summed E-state index contributed by atoms with van der Waals surface area (Å²) in [6, 6.07) is 9.98. The van der Waals surface area contributed by atoms with Gasteiger partial charge in [-0.1, -0.05) is 235 Å². The van der Waals surface area contributed by atoms with Gasteiger partial charge < -0.3 is 15.7 Å². The molecule has 0 unspecified atom stereocenters. The maximum absolute atomic E-state index is 12.9. The summed E-state index contributed by atoms with van der Waals surface area (Å²) >= 11 is 0. The molecule has 0 saturated carbocycles. The molecule has 2 aromatic carbocycles. The molecule has 4 nitrogen and oxygen atoms in total. The third-order valence-electron chi connectivity index (χ3n) is 14.9. The van der Waals surface area contributed by atoms with Crippen LogP contribution in [0, 0.1) is 0 Å². The van der Waals surface area contributed by atoms with Crippen LogP contribution in [0.25, 0.3) is 16.9 Å². The molecule has 1 aliphatic heterocycles. The molecule has 0 fully saturated rings. The summed E-state index contributed by atoms with van der Waals surface area (Å²) in [5, 5.41) is 15.8. The Balaban J connectivity index is 0.00000550. The number of nitrogens with zero attached hydrogens (tertiary/aromatic N) is 2. The topological polar surface area (TPSA) is 65.8 Å². The first-order valence-electron chi connectivity index (χ1n) is 31.9. The summed E-state index contributed by atoms with van der Waals surface area (Å²) in [7, 11) is 0. The quantitative estimate of drug-likeness (QED) is 0.0395. The fraction of sp³-hybridized carbons (Fsp3) is 0.739. The minimum absolute atomic E-state index is 0. The Labute approximate surface area is 474 Å². The monoisotopic (exact) mass is 1110 g/mol. The normalized spacial score (nSPS) is 12.4. The van der Waals surface area contributed by atoms with Gasteiger partial charge in [-0.25, -0.2) is 4.70 Å². The summed E-state index contributed by atoms with van der Waals surface area (Å²) in [5.74, 6) is 0. The predicted octanol–water partition coefficient (Wildman–Crippen LogP) is 21.7. The maximum atomic E-state index is 12.9. The standard InChI is InChI=1S/C63H104N2.2C3H8O.Pd/c1-9-17-22-23-24-25-26-27-28-29-30-31-32-33-34-35-36-37-38-39-47-61-60(46-21-13-5)62(56-48-52(40-14-6)58(42-16-8)53(49-56)41-15-7)65(64)63(61)57-50-54(43-18-10-2)59(45-20-12-4)55(51-57)44-19-11-3;2*1-2-3-4;/h39,47-51H,9-38,40-46H2,1-8H3;2*4H,2-3H2,1H3;. The van der Waals surface area contributed by atoms with Gasteiger partial charge in [-0.2, -0.15) is 0 Å². The van der Waals surface area contributed by atoms with Crippen molar-refractivity contribution in [2.75, 3.05) is 13.2 Å². The molecule has 74 heavy (non-hydrogen) atoms. The van der Waals surface area contributed by atoms with Gasteiger partial charge >= 0.3 is 0 Å². The second-order valence-corrected chi connectivity index (χ2v) is 21.8. The number of rotatable bonds is 42. The molecule has 3 rings (SSSR count). The van der Waals surface area contributed by atoms with E-state index in [1.807, 2.05) is 13.8 Å². The molecule has 0 atom stereocenters. The summed E-state index contributed by atoms with van der Waals surface area (Å²) in [6.07, 6.45) is 53.8. The molecule has 428 valence electrons. The summed E-state index contributed by atoms with van der Waals surface area (Å²) in [4.78, 5) is 0. The molecule has 0 amide bonds. The zero-order valence-electron chi connectivity index (χ0n) is 50.6. The van der Waals surface area contributed by atoms with E-state index >= 15 is 0 Å². The van der Waals surface area contributed by atoms with E-state index in [4.69, 9.17) is 10.2 Å². The first kappa shape index (κ1) is 71.8. The van der Waals surface area contributed by atoms with Crippen LogP contribution in [0.5, 0.6) is 0 Å². The molecular weight excluding hydrogens is 995 g/mol. The van der Waals surface area contributed by atoms with Gasteiger partial charge in [-0.15, -0.1) is 0 Å². The number of unbranched alkanes of at least 4 members (excludes halogenated alkanes) is 22. The Kier molecular flexibility index (Phi) is 47.7. The average Bonchev–Trinajstić information content (AvgIpc) is 3.68. The van der Waals surface area contributed by atoms with Gasteiger partial charge in [0.05, 0.1) is 5.57 Å². The van der Waals surface area contributed by atoms with Gasteiger partial charge in [0.1, 0.15) is 0 Å². The van der Waals surface area contributed by atoms with Crippen LogP contribution in [-0.4, -0.2) is 28.1 Å². The molecule has 5 heteroatoms. The number of hydrogen-bond donors (Lipinski definition) is 2. The summed E-state index contributed by atoms with van der Waals surface area (Å²) in [6.45, 7) is 23.1. The van der Waals surface area contributed by atoms with Crippen molar-refractivity contribution in [3.63, 3.8) is 0 Å². The van der Waals surface area contributed by atoms with Crippen LogP contribution in [0.3, 0.4) is 0 Å². The van der Waals surface area contributed by atoms with Crippen LogP contribution in [0.2, 0.25) is 0 Å². The minimum atomic E-state index is 0. The first-order chi connectivity index (χ1) is 35.8. The smallest absolute Gasteiger partial charge is 0.215 e. The van der Waals surface area contributed by atoms with Crippen molar-refractivity contribution in [2.45, 2.75) is 320 Å². The fourth-order valence-electron chi connectivity index (χ4n) is 10.6. The van der Waals surface area contributed by atoms with E-state index in [1.54, 1.807) is 15.8 Å². The third kappa shape index (κ3) is 29.0. The van der Waals surface area contributed by atoms with Crippen LogP contribution in [0.1, 0.15) is 326 Å². The zero-order chi connectivity index (χ0) is 53.7. The van der Waals surface area contributed by atoms with E-state index in [0.29, 0.717) is 13.2 Å². The Morgan fingerprint density at radius 2 is 0.689 bits per heavy atom. The van der Waals surface area contributed by atoms with Crippen molar-refractivity contribution in [3.8, 4) is 0 Å². The Bertz CT molecular complexity index is 1720. The van der Waals surface area contributed by atoms with Gasteiger partial charge in [0.25, 0.3) is 0 Å². The molecule has 0 radical (unpaired) electrons. The van der Waals surface area contributed by atoms with Crippen molar-refractivity contribution in [3.05, 3.63) is 97.6 Å².